The van der Waals surface area contributed by atoms with Crippen LogP contribution in [0, 0.1) is 0 Å². The summed E-state index contributed by atoms with van der Waals surface area (Å²) >= 11 is 0. The molecule has 0 aromatic heterocycles. The van der Waals surface area contributed by atoms with Crippen molar-refractivity contribution in [2.75, 3.05) is 13.6 Å². The molecule has 0 saturated carbocycles. The van der Waals surface area contributed by atoms with E-state index in [2.05, 4.69) is 0 Å². The molecule has 0 unspecified atom stereocenters. The van der Waals surface area contributed by atoms with E-state index < -0.39 is 10.0 Å². The van der Waals surface area contributed by atoms with E-state index in [0.717, 1.165) is 18.4 Å². The summed E-state index contributed by atoms with van der Waals surface area (Å²) in [6.07, 6.45) is 1.84. The molecule has 96 valence electrons. The first-order valence-corrected chi connectivity index (χ1v) is 7.21. The second-order valence-corrected chi connectivity index (χ2v) is 6.08. The van der Waals surface area contributed by atoms with Crippen LogP contribution in [0.15, 0.2) is 29.2 Å². The average Bonchev–Trinajstić information content (AvgIpc) is 2.35. The Balaban J connectivity index is 2.95. The van der Waals surface area contributed by atoms with Gasteiger partial charge in [0.05, 0.1) is 4.90 Å². The first-order chi connectivity index (χ1) is 8.02. The van der Waals surface area contributed by atoms with Gasteiger partial charge >= 0.3 is 0 Å². The number of sulfonamides is 1. The predicted octanol–water partition coefficient (Wildman–Crippen LogP) is 1.57. The fourth-order valence-electron chi connectivity index (χ4n) is 1.51. The Labute approximate surface area is 103 Å². The van der Waals surface area contributed by atoms with Gasteiger partial charge in [0, 0.05) is 20.1 Å². The second kappa shape index (κ2) is 6.14. The standard InChI is InChI=1S/C12H20N2O2S/c1-3-4-8-14(2)17(15,16)12-7-5-6-11(9-12)10-13/h5-7,9H,3-4,8,10,13H2,1-2H3. The molecule has 0 spiro atoms. The van der Waals surface area contributed by atoms with E-state index in [0.29, 0.717) is 18.0 Å². The molecule has 0 saturated heterocycles. The number of benzene rings is 1. The van der Waals surface area contributed by atoms with Gasteiger partial charge in [0.1, 0.15) is 0 Å². The molecule has 1 aromatic carbocycles. The van der Waals surface area contributed by atoms with Crippen molar-refractivity contribution in [3.05, 3.63) is 29.8 Å². The maximum Gasteiger partial charge on any atom is 0.242 e. The molecular weight excluding hydrogens is 236 g/mol. The summed E-state index contributed by atoms with van der Waals surface area (Å²) in [4.78, 5) is 0.319. The normalized spacial score (nSPS) is 12.0. The van der Waals surface area contributed by atoms with Crippen molar-refractivity contribution in [1.82, 2.24) is 4.31 Å². The predicted molar refractivity (Wildman–Crippen MR) is 69.1 cm³/mol. The average molecular weight is 256 g/mol. The lowest BCUT2D eigenvalue weighted by Crippen LogP contribution is -2.28. The highest BCUT2D eigenvalue weighted by molar-refractivity contribution is 7.89. The SMILES string of the molecule is CCCCN(C)S(=O)(=O)c1cccc(CN)c1. The monoisotopic (exact) mass is 256 g/mol. The molecule has 0 bridgehead atoms. The van der Waals surface area contributed by atoms with Crippen LogP contribution >= 0.6 is 0 Å². The molecule has 1 aromatic rings. The number of unbranched alkanes of at least 4 members (excludes halogenated alkanes) is 1. The molecule has 0 radical (unpaired) electrons. The largest absolute Gasteiger partial charge is 0.326 e. The molecule has 0 aliphatic rings. The van der Waals surface area contributed by atoms with Crippen LogP contribution in [0.1, 0.15) is 25.3 Å². The molecule has 2 N–H and O–H groups in total. The van der Waals surface area contributed by atoms with Gasteiger partial charge in [0.25, 0.3) is 0 Å². The minimum absolute atomic E-state index is 0.319. The molecule has 0 amide bonds. The van der Waals surface area contributed by atoms with E-state index in [-0.39, 0.29) is 0 Å². The lowest BCUT2D eigenvalue weighted by Gasteiger charge is -2.17. The molecular formula is C12H20N2O2S. The summed E-state index contributed by atoms with van der Waals surface area (Å²) in [6, 6.07) is 6.79. The smallest absolute Gasteiger partial charge is 0.242 e. The van der Waals surface area contributed by atoms with Gasteiger partial charge in [-0.05, 0) is 24.1 Å². The van der Waals surface area contributed by atoms with Crippen molar-refractivity contribution in [2.24, 2.45) is 5.73 Å². The Hall–Kier alpha value is -0.910. The second-order valence-electron chi connectivity index (χ2n) is 4.03. The molecule has 1 rings (SSSR count). The van der Waals surface area contributed by atoms with E-state index in [4.69, 9.17) is 5.73 Å². The van der Waals surface area contributed by atoms with E-state index in [1.807, 2.05) is 13.0 Å². The van der Waals surface area contributed by atoms with Gasteiger partial charge in [-0.25, -0.2) is 12.7 Å². The summed E-state index contributed by atoms with van der Waals surface area (Å²) in [7, 11) is -1.75. The highest BCUT2D eigenvalue weighted by Crippen LogP contribution is 2.16. The van der Waals surface area contributed by atoms with E-state index in [1.54, 1.807) is 25.2 Å². The summed E-state index contributed by atoms with van der Waals surface area (Å²) in [5.74, 6) is 0. The minimum atomic E-state index is -3.37. The third kappa shape index (κ3) is 3.52. The zero-order chi connectivity index (χ0) is 12.9. The van der Waals surface area contributed by atoms with Gasteiger partial charge in [-0.1, -0.05) is 25.5 Å². The third-order valence-corrected chi connectivity index (χ3v) is 4.52. The van der Waals surface area contributed by atoms with Crippen molar-refractivity contribution in [3.8, 4) is 0 Å². The number of nitrogens with zero attached hydrogens (tertiary/aromatic N) is 1. The quantitative estimate of drug-likeness (QED) is 0.840. The Bertz CT molecular complexity index is 457. The van der Waals surface area contributed by atoms with Gasteiger partial charge in [-0.2, -0.15) is 0 Å². The van der Waals surface area contributed by atoms with Crippen LogP contribution in [0.3, 0.4) is 0 Å². The lowest BCUT2D eigenvalue weighted by molar-refractivity contribution is 0.459. The van der Waals surface area contributed by atoms with Crippen LogP contribution in [-0.2, 0) is 16.6 Å². The van der Waals surface area contributed by atoms with Crippen LogP contribution in [0.2, 0.25) is 0 Å². The van der Waals surface area contributed by atoms with Crippen LogP contribution in [0.4, 0.5) is 0 Å². The summed E-state index contributed by atoms with van der Waals surface area (Å²) in [5, 5.41) is 0. The van der Waals surface area contributed by atoms with Gasteiger partial charge in [0.2, 0.25) is 10.0 Å². The topological polar surface area (TPSA) is 63.4 Å². The zero-order valence-corrected chi connectivity index (χ0v) is 11.2. The lowest BCUT2D eigenvalue weighted by atomic mass is 10.2. The molecule has 5 heteroatoms. The summed E-state index contributed by atoms with van der Waals surface area (Å²) < 4.78 is 25.8. The molecule has 4 nitrogen and oxygen atoms in total. The van der Waals surface area contributed by atoms with Crippen LogP contribution in [-0.4, -0.2) is 26.3 Å². The Kier molecular flexibility index (Phi) is 5.11. The van der Waals surface area contributed by atoms with Crippen molar-refractivity contribution >= 4 is 10.0 Å². The van der Waals surface area contributed by atoms with Crippen LogP contribution in [0.5, 0.6) is 0 Å². The first kappa shape index (κ1) is 14.2. The number of rotatable bonds is 6. The highest BCUT2D eigenvalue weighted by atomic mass is 32.2. The molecule has 0 heterocycles. The summed E-state index contributed by atoms with van der Waals surface area (Å²) in [6.45, 7) is 2.93. The molecule has 0 atom stereocenters. The van der Waals surface area contributed by atoms with Gasteiger partial charge in [-0.3, -0.25) is 0 Å². The molecule has 17 heavy (non-hydrogen) atoms. The molecule has 0 aliphatic carbocycles. The van der Waals surface area contributed by atoms with E-state index in [9.17, 15) is 8.42 Å². The third-order valence-electron chi connectivity index (χ3n) is 2.67. The van der Waals surface area contributed by atoms with Crippen molar-refractivity contribution in [2.45, 2.75) is 31.2 Å². The van der Waals surface area contributed by atoms with Crippen molar-refractivity contribution in [1.29, 1.82) is 0 Å². The Morgan fingerprint density at radius 3 is 2.65 bits per heavy atom. The Morgan fingerprint density at radius 2 is 2.06 bits per heavy atom. The maximum atomic E-state index is 12.2. The van der Waals surface area contributed by atoms with Gasteiger partial charge < -0.3 is 5.73 Å². The number of hydrogen-bond donors (Lipinski definition) is 1. The fraction of sp³-hybridized carbons (Fsp3) is 0.500. The van der Waals surface area contributed by atoms with Gasteiger partial charge in [0.15, 0.2) is 0 Å². The number of hydrogen-bond acceptors (Lipinski definition) is 3. The Morgan fingerprint density at radius 1 is 1.35 bits per heavy atom. The van der Waals surface area contributed by atoms with E-state index >= 15 is 0 Å². The zero-order valence-electron chi connectivity index (χ0n) is 10.4. The number of nitrogens with two attached hydrogens (primary N) is 1. The highest BCUT2D eigenvalue weighted by Gasteiger charge is 2.19. The fourth-order valence-corrected chi connectivity index (χ4v) is 2.79. The van der Waals surface area contributed by atoms with Crippen molar-refractivity contribution < 1.29 is 8.42 Å². The minimum Gasteiger partial charge on any atom is -0.326 e. The molecule has 0 aliphatic heterocycles. The molecule has 0 fully saturated rings. The van der Waals surface area contributed by atoms with Crippen LogP contribution < -0.4 is 5.73 Å². The summed E-state index contributed by atoms with van der Waals surface area (Å²) in [5.41, 5.74) is 6.34. The first-order valence-electron chi connectivity index (χ1n) is 5.77. The van der Waals surface area contributed by atoms with E-state index in [1.165, 1.54) is 4.31 Å². The maximum absolute atomic E-state index is 12.2. The van der Waals surface area contributed by atoms with Crippen molar-refractivity contribution in [3.63, 3.8) is 0 Å². The van der Waals surface area contributed by atoms with Crippen LogP contribution in [0.25, 0.3) is 0 Å². The van der Waals surface area contributed by atoms with Gasteiger partial charge in [-0.15, -0.1) is 0 Å².